The van der Waals surface area contributed by atoms with Gasteiger partial charge < -0.3 is 15.4 Å². The highest BCUT2D eigenvalue weighted by Gasteiger charge is 2.04. The summed E-state index contributed by atoms with van der Waals surface area (Å²) >= 11 is 5.83. The lowest BCUT2D eigenvalue weighted by molar-refractivity contribution is 0.236. The summed E-state index contributed by atoms with van der Waals surface area (Å²) in [6, 6.07) is 13.6. The molecule has 0 heterocycles. The van der Waals surface area contributed by atoms with Gasteiger partial charge >= 0.3 is 6.03 Å². The predicted molar refractivity (Wildman–Crippen MR) is 88.5 cm³/mol. The quantitative estimate of drug-likeness (QED) is 0.761. The number of benzene rings is 2. The zero-order chi connectivity index (χ0) is 16.5. The van der Waals surface area contributed by atoms with E-state index in [0.717, 1.165) is 6.42 Å². The van der Waals surface area contributed by atoms with Crippen LogP contribution in [-0.2, 0) is 6.42 Å². The van der Waals surface area contributed by atoms with Crippen molar-refractivity contribution in [2.24, 2.45) is 0 Å². The minimum Gasteiger partial charge on any atom is -0.490 e. The zero-order valence-corrected chi connectivity index (χ0v) is 13.3. The SMILES string of the molecule is O=C(NCCOc1ccc(F)cc1Cl)NCCc1ccccc1. The Hall–Kier alpha value is -2.27. The minimum absolute atomic E-state index is 0.206. The third-order valence-electron chi connectivity index (χ3n) is 3.08. The molecule has 0 aliphatic rings. The average molecular weight is 337 g/mol. The molecule has 0 aliphatic carbocycles. The maximum atomic E-state index is 12.9. The van der Waals surface area contributed by atoms with Crippen LogP contribution in [0.25, 0.3) is 0 Å². The number of ether oxygens (including phenoxy) is 1. The Morgan fingerprint density at radius 2 is 1.83 bits per heavy atom. The number of carbonyl (C=O) groups excluding carboxylic acids is 1. The topological polar surface area (TPSA) is 50.4 Å². The number of nitrogens with one attached hydrogen (secondary N) is 2. The second-order valence-corrected chi connectivity index (χ2v) is 5.25. The molecule has 0 aliphatic heterocycles. The predicted octanol–water partition coefficient (Wildman–Crippen LogP) is 3.40. The van der Waals surface area contributed by atoms with Crippen LogP contribution in [0.1, 0.15) is 5.56 Å². The molecule has 0 saturated heterocycles. The van der Waals surface area contributed by atoms with Crippen LogP contribution in [0.15, 0.2) is 48.5 Å². The number of rotatable bonds is 7. The van der Waals surface area contributed by atoms with E-state index in [1.54, 1.807) is 0 Å². The van der Waals surface area contributed by atoms with Gasteiger partial charge in [0.25, 0.3) is 0 Å². The van der Waals surface area contributed by atoms with Crippen molar-refractivity contribution in [1.82, 2.24) is 10.6 Å². The lowest BCUT2D eigenvalue weighted by Gasteiger charge is -2.10. The molecule has 23 heavy (non-hydrogen) atoms. The second kappa shape index (κ2) is 9.00. The van der Waals surface area contributed by atoms with Gasteiger partial charge in [-0.3, -0.25) is 0 Å². The van der Waals surface area contributed by atoms with Crippen molar-refractivity contribution in [2.45, 2.75) is 6.42 Å². The number of hydrogen-bond acceptors (Lipinski definition) is 2. The van der Waals surface area contributed by atoms with Crippen molar-refractivity contribution in [3.8, 4) is 5.75 Å². The van der Waals surface area contributed by atoms with Crippen molar-refractivity contribution in [3.05, 3.63) is 64.9 Å². The van der Waals surface area contributed by atoms with Crippen LogP contribution in [-0.4, -0.2) is 25.7 Å². The highest BCUT2D eigenvalue weighted by molar-refractivity contribution is 6.32. The van der Waals surface area contributed by atoms with Crippen LogP contribution in [0.5, 0.6) is 5.75 Å². The van der Waals surface area contributed by atoms with Crippen LogP contribution < -0.4 is 15.4 Å². The van der Waals surface area contributed by atoms with E-state index in [4.69, 9.17) is 16.3 Å². The number of urea groups is 1. The van der Waals surface area contributed by atoms with Gasteiger partial charge in [0.2, 0.25) is 0 Å². The van der Waals surface area contributed by atoms with E-state index in [1.807, 2.05) is 30.3 Å². The van der Waals surface area contributed by atoms with Gasteiger partial charge in [-0.1, -0.05) is 41.9 Å². The molecular weight excluding hydrogens is 319 g/mol. The van der Waals surface area contributed by atoms with Crippen molar-refractivity contribution < 1.29 is 13.9 Å². The molecular formula is C17H18ClFN2O2. The molecule has 2 amide bonds. The summed E-state index contributed by atoms with van der Waals surface area (Å²) in [5.41, 5.74) is 1.17. The third-order valence-corrected chi connectivity index (χ3v) is 3.38. The van der Waals surface area contributed by atoms with E-state index in [2.05, 4.69) is 10.6 Å². The Morgan fingerprint density at radius 3 is 2.57 bits per heavy atom. The van der Waals surface area contributed by atoms with Crippen LogP contribution in [0, 0.1) is 5.82 Å². The fourth-order valence-corrected chi connectivity index (χ4v) is 2.17. The highest BCUT2D eigenvalue weighted by Crippen LogP contribution is 2.24. The van der Waals surface area contributed by atoms with Crippen molar-refractivity contribution in [1.29, 1.82) is 0 Å². The fourth-order valence-electron chi connectivity index (χ4n) is 1.95. The standard InChI is InChI=1S/C17H18ClFN2O2/c18-15-12-14(19)6-7-16(15)23-11-10-21-17(22)20-9-8-13-4-2-1-3-5-13/h1-7,12H,8-11H2,(H2,20,21,22). The number of amides is 2. The van der Waals surface area contributed by atoms with Crippen LogP contribution in [0.4, 0.5) is 9.18 Å². The van der Waals surface area contributed by atoms with E-state index in [0.29, 0.717) is 18.8 Å². The summed E-state index contributed by atoms with van der Waals surface area (Å²) in [5, 5.41) is 5.65. The fraction of sp³-hybridized carbons (Fsp3) is 0.235. The van der Waals surface area contributed by atoms with Crippen LogP contribution >= 0.6 is 11.6 Å². The van der Waals surface area contributed by atoms with Gasteiger partial charge in [-0.15, -0.1) is 0 Å². The van der Waals surface area contributed by atoms with Crippen molar-refractivity contribution in [2.75, 3.05) is 19.7 Å². The van der Waals surface area contributed by atoms with Gasteiger partial charge in [-0.05, 0) is 30.2 Å². The maximum Gasteiger partial charge on any atom is 0.314 e. The zero-order valence-electron chi connectivity index (χ0n) is 12.5. The monoisotopic (exact) mass is 336 g/mol. The van der Waals surface area contributed by atoms with Gasteiger partial charge in [0, 0.05) is 6.54 Å². The van der Waals surface area contributed by atoms with Gasteiger partial charge in [0.1, 0.15) is 18.2 Å². The molecule has 4 nitrogen and oxygen atoms in total. The van der Waals surface area contributed by atoms with Crippen LogP contribution in [0.2, 0.25) is 5.02 Å². The third kappa shape index (κ3) is 6.16. The average Bonchev–Trinajstić information content (AvgIpc) is 2.54. The molecule has 0 atom stereocenters. The van der Waals surface area contributed by atoms with Gasteiger partial charge in [0.05, 0.1) is 11.6 Å². The molecule has 0 unspecified atom stereocenters. The first-order valence-corrected chi connectivity index (χ1v) is 7.66. The number of hydrogen-bond donors (Lipinski definition) is 2. The Balaban J connectivity index is 1.59. The Kier molecular flexibility index (Phi) is 6.69. The normalized spacial score (nSPS) is 10.2. The summed E-state index contributed by atoms with van der Waals surface area (Å²) in [5.74, 6) is -0.0300. The molecule has 2 rings (SSSR count). The number of halogens is 2. The molecule has 122 valence electrons. The molecule has 0 bridgehead atoms. The Morgan fingerprint density at radius 1 is 1.09 bits per heavy atom. The summed E-state index contributed by atoms with van der Waals surface area (Å²) in [7, 11) is 0. The van der Waals surface area contributed by atoms with Gasteiger partial charge in [0.15, 0.2) is 0 Å². The van der Waals surface area contributed by atoms with E-state index in [1.165, 1.54) is 23.8 Å². The van der Waals surface area contributed by atoms with Gasteiger partial charge in [-0.2, -0.15) is 0 Å². The lowest BCUT2D eigenvalue weighted by Crippen LogP contribution is -2.38. The van der Waals surface area contributed by atoms with Crippen LogP contribution in [0.3, 0.4) is 0 Å². The first-order chi connectivity index (χ1) is 11.1. The first-order valence-electron chi connectivity index (χ1n) is 7.28. The second-order valence-electron chi connectivity index (χ2n) is 4.84. The Bertz CT molecular complexity index is 638. The van der Waals surface area contributed by atoms with E-state index >= 15 is 0 Å². The maximum absolute atomic E-state index is 12.9. The molecule has 6 heteroatoms. The Labute approximate surface area is 139 Å². The number of carbonyl (C=O) groups is 1. The summed E-state index contributed by atoms with van der Waals surface area (Å²) in [4.78, 5) is 11.6. The largest absolute Gasteiger partial charge is 0.490 e. The molecule has 0 fully saturated rings. The molecule has 0 radical (unpaired) electrons. The molecule has 2 N–H and O–H groups in total. The van der Waals surface area contributed by atoms with Crippen molar-refractivity contribution >= 4 is 17.6 Å². The van der Waals surface area contributed by atoms with E-state index in [9.17, 15) is 9.18 Å². The van der Waals surface area contributed by atoms with Gasteiger partial charge in [-0.25, -0.2) is 9.18 Å². The van der Waals surface area contributed by atoms with E-state index < -0.39 is 5.82 Å². The van der Waals surface area contributed by atoms with E-state index in [-0.39, 0.29) is 17.7 Å². The highest BCUT2D eigenvalue weighted by atomic mass is 35.5. The molecule has 0 saturated carbocycles. The molecule has 0 spiro atoms. The molecule has 2 aromatic carbocycles. The summed E-state index contributed by atoms with van der Waals surface area (Å²) in [6.07, 6.45) is 0.774. The smallest absolute Gasteiger partial charge is 0.314 e. The minimum atomic E-state index is -0.418. The molecule has 2 aromatic rings. The summed E-state index contributed by atoms with van der Waals surface area (Å²) < 4.78 is 18.3. The van der Waals surface area contributed by atoms with Crippen molar-refractivity contribution in [3.63, 3.8) is 0 Å². The molecule has 0 aromatic heterocycles. The lowest BCUT2D eigenvalue weighted by atomic mass is 10.1. The first kappa shape index (κ1) is 17.1. The summed E-state index contributed by atoms with van der Waals surface area (Å²) in [6.45, 7) is 1.13.